The molecule has 8 nitrogen and oxygen atoms in total. The third kappa shape index (κ3) is 10.1. The van der Waals surface area contributed by atoms with Gasteiger partial charge in [-0.3, -0.25) is 9.69 Å². The number of hydrogen-bond donors (Lipinski definition) is 5. The van der Waals surface area contributed by atoms with E-state index in [1.165, 1.54) is 0 Å². The van der Waals surface area contributed by atoms with Crippen molar-refractivity contribution in [3.05, 3.63) is 0 Å². The molecule has 9 heteroatoms. The lowest BCUT2D eigenvalue weighted by atomic mass is 10.2. The van der Waals surface area contributed by atoms with Crippen molar-refractivity contribution in [1.29, 1.82) is 0 Å². The largest absolute Gasteiger partial charge is 0.480 e. The SMILES string of the molecule is CSCC[C@H](NC(=O)CN1CCNCCNCCNCC1)C(=O)O. The lowest BCUT2D eigenvalue weighted by Gasteiger charge is -2.24. The van der Waals surface area contributed by atoms with Crippen LogP contribution in [-0.4, -0.2) is 98.8 Å². The Kier molecular flexibility index (Phi) is 11.8. The quantitative estimate of drug-likeness (QED) is 0.369. The van der Waals surface area contributed by atoms with Crippen LogP contribution in [0.25, 0.3) is 0 Å². The van der Waals surface area contributed by atoms with Crippen LogP contribution in [0, 0.1) is 0 Å². The number of rotatable bonds is 7. The number of carboxylic acids is 1. The van der Waals surface area contributed by atoms with E-state index in [9.17, 15) is 14.7 Å². The number of carboxylic acid groups (broad SMARTS) is 1. The van der Waals surface area contributed by atoms with Crippen molar-refractivity contribution in [3.8, 4) is 0 Å². The number of carbonyl (C=O) groups is 2. The highest BCUT2D eigenvalue weighted by Crippen LogP contribution is 2.01. The third-order valence-electron chi connectivity index (χ3n) is 3.78. The predicted octanol–water partition coefficient (Wildman–Crippen LogP) is -1.61. The van der Waals surface area contributed by atoms with E-state index in [0.29, 0.717) is 12.2 Å². The first kappa shape index (κ1) is 21.2. The molecule has 0 spiro atoms. The van der Waals surface area contributed by atoms with Crippen molar-refractivity contribution in [1.82, 2.24) is 26.2 Å². The molecule has 1 heterocycles. The number of aliphatic carboxylic acids is 1. The van der Waals surface area contributed by atoms with Gasteiger partial charge in [-0.15, -0.1) is 0 Å². The average molecular weight is 362 g/mol. The maximum atomic E-state index is 12.2. The Bertz CT molecular complexity index is 361. The molecular weight excluding hydrogens is 330 g/mol. The van der Waals surface area contributed by atoms with Crippen molar-refractivity contribution < 1.29 is 14.7 Å². The van der Waals surface area contributed by atoms with E-state index in [1.807, 2.05) is 6.26 Å². The molecule has 1 aliphatic rings. The molecule has 0 unspecified atom stereocenters. The van der Waals surface area contributed by atoms with Crippen molar-refractivity contribution in [3.63, 3.8) is 0 Å². The zero-order valence-corrected chi connectivity index (χ0v) is 15.3. The molecular formula is C15H31N5O3S. The Morgan fingerprint density at radius 2 is 1.62 bits per heavy atom. The summed E-state index contributed by atoms with van der Waals surface area (Å²) in [6.07, 6.45) is 2.37. The van der Waals surface area contributed by atoms with Gasteiger partial charge in [0.1, 0.15) is 6.04 Å². The molecule has 1 saturated heterocycles. The number of nitrogens with zero attached hydrogens (tertiary/aromatic N) is 1. The van der Waals surface area contributed by atoms with E-state index in [-0.39, 0.29) is 12.5 Å². The molecule has 24 heavy (non-hydrogen) atoms. The fourth-order valence-electron chi connectivity index (χ4n) is 2.41. The molecule has 140 valence electrons. The molecule has 1 atom stereocenters. The zero-order chi connectivity index (χ0) is 17.6. The summed E-state index contributed by atoms with van der Waals surface area (Å²) < 4.78 is 0. The van der Waals surface area contributed by atoms with Gasteiger partial charge < -0.3 is 26.4 Å². The number of hydrogen-bond acceptors (Lipinski definition) is 7. The zero-order valence-electron chi connectivity index (χ0n) is 14.5. The fourth-order valence-corrected chi connectivity index (χ4v) is 2.88. The first-order chi connectivity index (χ1) is 11.6. The summed E-state index contributed by atoms with van der Waals surface area (Å²) in [6.45, 7) is 7.02. The minimum Gasteiger partial charge on any atom is -0.480 e. The average Bonchev–Trinajstić information content (AvgIpc) is 2.53. The Balaban J connectivity index is 2.42. The van der Waals surface area contributed by atoms with Crippen LogP contribution in [0.2, 0.25) is 0 Å². The lowest BCUT2D eigenvalue weighted by molar-refractivity contribution is -0.142. The standard InChI is InChI=1S/C15H31N5O3S/c1-24-11-2-13(15(22)23)19-14(21)12-20-9-7-17-5-3-16-4-6-18-8-10-20/h13,16-18H,2-12H2,1H3,(H,19,21)(H,22,23)/t13-/m0/s1. The van der Waals surface area contributed by atoms with Crippen molar-refractivity contribution in [2.75, 3.05) is 70.9 Å². The maximum absolute atomic E-state index is 12.2. The molecule has 0 bridgehead atoms. The van der Waals surface area contributed by atoms with E-state index in [0.717, 1.165) is 52.4 Å². The van der Waals surface area contributed by atoms with Gasteiger partial charge in [0.25, 0.3) is 0 Å². The maximum Gasteiger partial charge on any atom is 0.326 e. The molecule has 0 radical (unpaired) electrons. The van der Waals surface area contributed by atoms with Crippen LogP contribution in [-0.2, 0) is 9.59 Å². The molecule has 1 fully saturated rings. The summed E-state index contributed by atoms with van der Waals surface area (Å²) >= 11 is 1.58. The summed E-state index contributed by atoms with van der Waals surface area (Å²) in [5.41, 5.74) is 0. The number of thioether (sulfide) groups is 1. The molecule has 0 aliphatic carbocycles. The van der Waals surface area contributed by atoms with Gasteiger partial charge in [0.05, 0.1) is 6.54 Å². The second-order valence-electron chi connectivity index (χ2n) is 5.77. The van der Waals surface area contributed by atoms with Crippen molar-refractivity contribution in [2.45, 2.75) is 12.5 Å². The summed E-state index contributed by atoms with van der Waals surface area (Å²) in [5, 5.41) is 21.9. The van der Waals surface area contributed by atoms with Gasteiger partial charge in [0.15, 0.2) is 0 Å². The Hall–Kier alpha value is -0.870. The topological polar surface area (TPSA) is 106 Å². The van der Waals surface area contributed by atoms with E-state index in [4.69, 9.17) is 0 Å². The van der Waals surface area contributed by atoms with Gasteiger partial charge in [-0.2, -0.15) is 11.8 Å². The molecule has 1 aliphatic heterocycles. The molecule has 0 aromatic rings. The summed E-state index contributed by atoms with van der Waals surface area (Å²) in [4.78, 5) is 25.5. The number of amides is 1. The first-order valence-corrected chi connectivity index (χ1v) is 9.88. The number of nitrogens with one attached hydrogen (secondary N) is 4. The summed E-state index contributed by atoms with van der Waals surface area (Å²) in [5.74, 6) is -0.484. The van der Waals surface area contributed by atoms with E-state index < -0.39 is 12.0 Å². The van der Waals surface area contributed by atoms with Crippen LogP contribution in [0.15, 0.2) is 0 Å². The molecule has 0 aromatic carbocycles. The minimum atomic E-state index is -0.970. The highest BCUT2D eigenvalue weighted by molar-refractivity contribution is 7.98. The molecule has 1 amide bonds. The van der Waals surface area contributed by atoms with Gasteiger partial charge in [0, 0.05) is 52.4 Å². The summed E-state index contributed by atoms with van der Waals surface area (Å²) in [7, 11) is 0. The predicted molar refractivity (Wildman–Crippen MR) is 97.6 cm³/mol. The highest BCUT2D eigenvalue weighted by Gasteiger charge is 2.20. The molecule has 0 aromatic heterocycles. The second kappa shape index (κ2) is 13.4. The smallest absolute Gasteiger partial charge is 0.326 e. The van der Waals surface area contributed by atoms with E-state index in [1.54, 1.807) is 11.8 Å². The molecule has 5 N–H and O–H groups in total. The van der Waals surface area contributed by atoms with Gasteiger partial charge in [-0.05, 0) is 18.4 Å². The van der Waals surface area contributed by atoms with Crippen LogP contribution < -0.4 is 21.3 Å². The Morgan fingerprint density at radius 1 is 1.08 bits per heavy atom. The van der Waals surface area contributed by atoms with Crippen LogP contribution in [0.1, 0.15) is 6.42 Å². The second-order valence-corrected chi connectivity index (χ2v) is 6.75. The highest BCUT2D eigenvalue weighted by atomic mass is 32.2. The van der Waals surface area contributed by atoms with Gasteiger partial charge >= 0.3 is 5.97 Å². The van der Waals surface area contributed by atoms with Gasteiger partial charge in [0.2, 0.25) is 5.91 Å². The molecule has 0 saturated carbocycles. The van der Waals surface area contributed by atoms with Crippen molar-refractivity contribution >= 4 is 23.6 Å². The van der Waals surface area contributed by atoms with Crippen LogP contribution in [0.3, 0.4) is 0 Å². The van der Waals surface area contributed by atoms with E-state index in [2.05, 4.69) is 26.2 Å². The monoisotopic (exact) mass is 361 g/mol. The third-order valence-corrected chi connectivity index (χ3v) is 4.42. The van der Waals surface area contributed by atoms with E-state index >= 15 is 0 Å². The summed E-state index contributed by atoms with van der Waals surface area (Å²) in [6, 6.07) is -0.806. The minimum absolute atomic E-state index is 0.225. The van der Waals surface area contributed by atoms with Crippen LogP contribution in [0.5, 0.6) is 0 Å². The molecule has 1 rings (SSSR count). The first-order valence-electron chi connectivity index (χ1n) is 8.49. The number of carbonyl (C=O) groups excluding carboxylic acids is 1. The Labute approximate surface area is 148 Å². The Morgan fingerprint density at radius 3 is 2.12 bits per heavy atom. The lowest BCUT2D eigenvalue weighted by Crippen LogP contribution is -2.48. The van der Waals surface area contributed by atoms with Crippen LogP contribution in [0.4, 0.5) is 0 Å². The van der Waals surface area contributed by atoms with Crippen LogP contribution >= 0.6 is 11.8 Å². The van der Waals surface area contributed by atoms with Gasteiger partial charge in [-0.1, -0.05) is 0 Å². The normalized spacial score (nSPS) is 19.7. The van der Waals surface area contributed by atoms with Gasteiger partial charge in [-0.25, -0.2) is 4.79 Å². The van der Waals surface area contributed by atoms with Crippen molar-refractivity contribution in [2.24, 2.45) is 0 Å². The fraction of sp³-hybridized carbons (Fsp3) is 0.867.